The van der Waals surface area contributed by atoms with E-state index >= 15 is 0 Å². The average Bonchev–Trinajstić information content (AvgIpc) is 3.98. The van der Waals surface area contributed by atoms with Crippen molar-refractivity contribution >= 4 is 79.0 Å². The van der Waals surface area contributed by atoms with Crippen LogP contribution in [0.2, 0.25) is 0 Å². The normalized spacial score (nSPS) is 15.6. The Morgan fingerprint density at radius 2 is 0.894 bits per heavy atom. The molecule has 3 nitrogen and oxygen atoms in total. The van der Waals surface area contributed by atoms with Crippen molar-refractivity contribution in [2.45, 2.75) is 12.3 Å². The molecule has 15 rings (SSSR count). The predicted molar refractivity (Wildman–Crippen MR) is 276 cm³/mol. The summed E-state index contributed by atoms with van der Waals surface area (Å²) in [7, 11) is 0. The van der Waals surface area contributed by atoms with Gasteiger partial charge in [-0.2, -0.15) is 0 Å². The van der Waals surface area contributed by atoms with Gasteiger partial charge in [0, 0.05) is 50.5 Å². The number of fused-ring (bicyclic) bond motifs is 17. The number of nitrogens with zero attached hydrogens (tertiary/aromatic N) is 3. The molecule has 2 aliphatic heterocycles. The van der Waals surface area contributed by atoms with Crippen LogP contribution in [0.4, 0.5) is 34.1 Å². The van der Waals surface area contributed by atoms with Gasteiger partial charge < -0.3 is 14.4 Å². The molecule has 1 spiro atoms. The summed E-state index contributed by atoms with van der Waals surface area (Å²) < 4.78 is 2.52. The minimum Gasteiger partial charge on any atom is -0.311 e. The lowest BCUT2D eigenvalue weighted by atomic mass is 9.33. The second-order valence-electron chi connectivity index (χ2n) is 18.4. The fourth-order valence-corrected chi connectivity index (χ4v) is 12.8. The molecule has 0 N–H and O–H groups in total. The van der Waals surface area contributed by atoms with Gasteiger partial charge in [-0.15, -0.1) is 0 Å². The van der Waals surface area contributed by atoms with E-state index in [1.165, 1.54) is 117 Å². The zero-order valence-electron chi connectivity index (χ0n) is 36.3. The van der Waals surface area contributed by atoms with Gasteiger partial charge in [-0.25, -0.2) is 0 Å². The number of hydrogen-bond acceptors (Lipinski definition) is 2. The van der Waals surface area contributed by atoms with Crippen LogP contribution in [-0.4, -0.2) is 11.3 Å². The Morgan fingerprint density at radius 3 is 1.59 bits per heavy atom. The van der Waals surface area contributed by atoms with Crippen molar-refractivity contribution in [3.8, 4) is 27.9 Å². The zero-order chi connectivity index (χ0) is 43.3. The number of hydrogen-bond donors (Lipinski definition) is 0. The van der Waals surface area contributed by atoms with Crippen molar-refractivity contribution in [1.82, 2.24) is 4.57 Å². The van der Waals surface area contributed by atoms with Gasteiger partial charge in [0.15, 0.2) is 0 Å². The Hall–Kier alpha value is -8.34. The first-order valence-corrected chi connectivity index (χ1v) is 23.1. The third-order valence-corrected chi connectivity index (χ3v) is 15.2. The maximum atomic E-state index is 2.60. The summed E-state index contributed by atoms with van der Waals surface area (Å²) in [6.45, 7) is 2.27. The van der Waals surface area contributed by atoms with Crippen molar-refractivity contribution in [2.75, 3.05) is 9.80 Å². The van der Waals surface area contributed by atoms with E-state index in [1.807, 2.05) is 0 Å². The Balaban J connectivity index is 1.06. The first kappa shape index (κ1) is 36.1. The van der Waals surface area contributed by atoms with E-state index in [4.69, 9.17) is 0 Å². The predicted octanol–water partition coefficient (Wildman–Crippen LogP) is 13.5. The quantitative estimate of drug-likeness (QED) is 0.164. The standard InChI is InChI=1S/C62H40BN3/c1-39-35-58-61-59(36-39)65(41-21-6-3-7-22-41)57-38-50-46(37-52(57)63(61)51-30-14-17-33-55(51)64(58)40-19-4-2-5-20-40)42-23-8-12-27-47(42)62(50)48-28-13-9-26-45(48)60-49(62)29-18-34-56(60)66-53-31-15-10-24-43(53)44-25-11-16-32-54(44)66/h2-38H,1H3. The molecule has 306 valence electrons. The van der Waals surface area contributed by atoms with E-state index in [0.29, 0.717) is 0 Å². The van der Waals surface area contributed by atoms with Crippen LogP contribution in [-0.2, 0) is 5.41 Å². The SMILES string of the molecule is Cc1cc2c3c(c1)N(c1ccccc1)c1cc4c(cc1B3c1ccccc1N2c1ccccc1)-c1ccccc1C41c2ccccc2-c2c(-n3c4ccccc4c4ccccc43)cccc21. The summed E-state index contributed by atoms with van der Waals surface area (Å²) in [5.74, 6) is 0. The Labute approximate surface area is 384 Å². The molecule has 1 unspecified atom stereocenters. The highest BCUT2D eigenvalue weighted by molar-refractivity contribution is 7.00. The van der Waals surface area contributed by atoms with Gasteiger partial charge in [-0.05, 0) is 135 Å². The summed E-state index contributed by atoms with van der Waals surface area (Å²) >= 11 is 0. The molecular weight excluding hydrogens is 798 g/mol. The fourth-order valence-electron chi connectivity index (χ4n) is 12.8. The summed E-state index contributed by atoms with van der Waals surface area (Å²) in [6, 6.07) is 84.4. The fraction of sp³-hybridized carbons (Fsp3) is 0.0323. The van der Waals surface area contributed by atoms with Crippen LogP contribution in [0.15, 0.2) is 224 Å². The zero-order valence-corrected chi connectivity index (χ0v) is 36.3. The van der Waals surface area contributed by atoms with E-state index in [-0.39, 0.29) is 6.71 Å². The molecule has 0 saturated carbocycles. The smallest absolute Gasteiger partial charge is 0.252 e. The number of aryl methyl sites for hydroxylation is 1. The van der Waals surface area contributed by atoms with Gasteiger partial charge in [0.25, 0.3) is 6.71 Å². The Morgan fingerprint density at radius 1 is 0.364 bits per heavy atom. The molecule has 0 amide bonds. The highest BCUT2D eigenvalue weighted by Gasteiger charge is 2.54. The molecule has 3 heterocycles. The third kappa shape index (κ3) is 4.48. The number of para-hydroxylation sites is 5. The molecule has 4 aliphatic rings. The molecular formula is C62H40BN3. The van der Waals surface area contributed by atoms with Crippen molar-refractivity contribution < 1.29 is 0 Å². The average molecular weight is 838 g/mol. The van der Waals surface area contributed by atoms with Crippen LogP contribution in [0.25, 0.3) is 49.7 Å². The molecule has 10 aromatic carbocycles. The second kappa shape index (κ2) is 13.1. The highest BCUT2D eigenvalue weighted by atomic mass is 15.2. The van der Waals surface area contributed by atoms with Crippen molar-refractivity contribution in [2.24, 2.45) is 0 Å². The molecule has 0 radical (unpaired) electrons. The van der Waals surface area contributed by atoms with Crippen LogP contribution in [0.5, 0.6) is 0 Å². The summed E-state index contributed by atoms with van der Waals surface area (Å²) in [4.78, 5) is 5.06. The molecule has 66 heavy (non-hydrogen) atoms. The second-order valence-corrected chi connectivity index (χ2v) is 18.4. The molecule has 0 bridgehead atoms. The summed E-state index contributed by atoms with van der Waals surface area (Å²) in [5, 5.41) is 2.54. The number of rotatable bonds is 3. The molecule has 11 aromatic rings. The van der Waals surface area contributed by atoms with Crippen molar-refractivity contribution in [1.29, 1.82) is 0 Å². The van der Waals surface area contributed by atoms with E-state index in [2.05, 4.69) is 246 Å². The lowest BCUT2D eigenvalue weighted by Crippen LogP contribution is -2.61. The van der Waals surface area contributed by atoms with E-state index in [9.17, 15) is 0 Å². The van der Waals surface area contributed by atoms with Gasteiger partial charge in [0.2, 0.25) is 0 Å². The van der Waals surface area contributed by atoms with Gasteiger partial charge in [0.1, 0.15) is 0 Å². The van der Waals surface area contributed by atoms with Gasteiger partial charge in [-0.3, -0.25) is 0 Å². The van der Waals surface area contributed by atoms with E-state index < -0.39 is 5.41 Å². The van der Waals surface area contributed by atoms with E-state index in [0.717, 1.165) is 11.4 Å². The Bertz CT molecular complexity index is 3820. The largest absolute Gasteiger partial charge is 0.311 e. The molecule has 1 aromatic heterocycles. The van der Waals surface area contributed by atoms with Crippen LogP contribution in [0.3, 0.4) is 0 Å². The minimum atomic E-state index is -0.559. The highest BCUT2D eigenvalue weighted by Crippen LogP contribution is 2.64. The van der Waals surface area contributed by atoms with Crippen molar-refractivity contribution in [3.63, 3.8) is 0 Å². The lowest BCUT2D eigenvalue weighted by molar-refractivity contribution is 0.793. The monoisotopic (exact) mass is 837 g/mol. The first-order chi connectivity index (χ1) is 32.7. The number of benzene rings is 10. The van der Waals surface area contributed by atoms with Gasteiger partial charge >= 0.3 is 0 Å². The lowest BCUT2D eigenvalue weighted by Gasteiger charge is -2.45. The van der Waals surface area contributed by atoms with Crippen LogP contribution in [0, 0.1) is 6.92 Å². The van der Waals surface area contributed by atoms with Crippen LogP contribution in [0.1, 0.15) is 27.8 Å². The molecule has 2 aliphatic carbocycles. The van der Waals surface area contributed by atoms with E-state index in [1.54, 1.807) is 0 Å². The molecule has 4 heteroatoms. The third-order valence-electron chi connectivity index (χ3n) is 15.2. The van der Waals surface area contributed by atoms with Gasteiger partial charge in [0.05, 0.1) is 22.1 Å². The minimum absolute atomic E-state index is 0.0146. The van der Waals surface area contributed by atoms with Crippen LogP contribution >= 0.6 is 0 Å². The Kier molecular flexibility index (Phi) is 7.17. The molecule has 1 atom stereocenters. The number of anilines is 6. The first-order valence-electron chi connectivity index (χ1n) is 23.1. The number of aromatic nitrogens is 1. The molecule has 0 saturated heterocycles. The summed E-state index contributed by atoms with van der Waals surface area (Å²) in [5.41, 5.74) is 26.1. The summed E-state index contributed by atoms with van der Waals surface area (Å²) in [6.07, 6.45) is 0. The van der Waals surface area contributed by atoms with Crippen molar-refractivity contribution in [3.05, 3.63) is 252 Å². The maximum absolute atomic E-state index is 2.60. The van der Waals surface area contributed by atoms with Crippen LogP contribution < -0.4 is 26.2 Å². The van der Waals surface area contributed by atoms with Gasteiger partial charge in [-0.1, -0.05) is 158 Å². The molecule has 0 fully saturated rings. The maximum Gasteiger partial charge on any atom is 0.252 e. The topological polar surface area (TPSA) is 11.4 Å².